The minimum Gasteiger partial charge on any atom is -0.346 e. The Labute approximate surface area is 142 Å². The molecule has 2 amide bonds. The lowest BCUT2D eigenvalue weighted by molar-refractivity contribution is -0.131. The first kappa shape index (κ1) is 17.8. The summed E-state index contributed by atoms with van der Waals surface area (Å²) < 4.78 is 0. The molecule has 0 unspecified atom stereocenters. The normalized spacial score (nSPS) is 17.3. The number of rotatable bonds is 6. The van der Waals surface area contributed by atoms with Gasteiger partial charge in [-0.25, -0.2) is 4.98 Å². The maximum absolute atomic E-state index is 12.8. The van der Waals surface area contributed by atoms with Crippen molar-refractivity contribution in [2.24, 2.45) is 5.92 Å². The molecule has 23 heavy (non-hydrogen) atoms. The van der Waals surface area contributed by atoms with E-state index >= 15 is 0 Å². The summed E-state index contributed by atoms with van der Waals surface area (Å²) in [6.45, 7) is 7.57. The van der Waals surface area contributed by atoms with Gasteiger partial charge >= 0.3 is 0 Å². The van der Waals surface area contributed by atoms with E-state index < -0.39 is 0 Å². The van der Waals surface area contributed by atoms with Crippen LogP contribution in [0.3, 0.4) is 0 Å². The summed E-state index contributed by atoms with van der Waals surface area (Å²) in [5.41, 5.74) is 0.863. The summed E-state index contributed by atoms with van der Waals surface area (Å²) in [6.07, 6.45) is 2.87. The Kier molecular flexibility index (Phi) is 6.04. The molecular formula is C17H25N3O2S. The topological polar surface area (TPSA) is 53.5 Å². The van der Waals surface area contributed by atoms with Crippen molar-refractivity contribution in [2.45, 2.75) is 43.9 Å². The van der Waals surface area contributed by atoms with Crippen LogP contribution in [0.2, 0.25) is 0 Å². The average molecular weight is 335 g/mol. The largest absolute Gasteiger partial charge is 0.346 e. The first-order valence-corrected chi connectivity index (χ1v) is 8.99. The van der Waals surface area contributed by atoms with Crippen molar-refractivity contribution in [2.75, 3.05) is 25.0 Å². The lowest BCUT2D eigenvalue weighted by Crippen LogP contribution is -2.45. The molecule has 2 heterocycles. The Morgan fingerprint density at radius 3 is 2.87 bits per heavy atom. The molecule has 1 aliphatic heterocycles. The highest BCUT2D eigenvalue weighted by molar-refractivity contribution is 8.00. The minimum absolute atomic E-state index is 0.0154. The number of hydrogen-bond acceptors (Lipinski definition) is 4. The van der Waals surface area contributed by atoms with Crippen LogP contribution in [0.5, 0.6) is 0 Å². The van der Waals surface area contributed by atoms with Crippen molar-refractivity contribution in [3.63, 3.8) is 0 Å². The average Bonchev–Trinajstić information content (AvgIpc) is 2.51. The second kappa shape index (κ2) is 7.81. The number of nitrogens with zero attached hydrogens (tertiary/aromatic N) is 3. The number of anilines is 1. The number of carbonyl (C=O) groups excluding carboxylic acids is 2. The van der Waals surface area contributed by atoms with Gasteiger partial charge in [-0.15, -0.1) is 0 Å². The van der Waals surface area contributed by atoms with Crippen molar-refractivity contribution in [1.82, 2.24) is 9.88 Å². The van der Waals surface area contributed by atoms with Crippen LogP contribution in [0.1, 0.15) is 33.6 Å². The Hall–Kier alpha value is -1.56. The maximum atomic E-state index is 12.8. The van der Waals surface area contributed by atoms with Crippen molar-refractivity contribution in [3.05, 3.63) is 18.3 Å². The third-order valence-corrected chi connectivity index (χ3v) is 4.92. The van der Waals surface area contributed by atoms with E-state index in [1.54, 1.807) is 23.0 Å². The van der Waals surface area contributed by atoms with Gasteiger partial charge in [0.05, 0.1) is 10.9 Å². The number of fused-ring (bicyclic) bond motifs is 1. The van der Waals surface area contributed by atoms with Crippen molar-refractivity contribution >= 4 is 29.3 Å². The van der Waals surface area contributed by atoms with Crippen LogP contribution in [-0.2, 0) is 9.59 Å². The van der Waals surface area contributed by atoms with Gasteiger partial charge in [-0.2, -0.15) is 0 Å². The summed E-state index contributed by atoms with van der Waals surface area (Å²) in [4.78, 5) is 33.0. The zero-order chi connectivity index (χ0) is 17.0. The van der Waals surface area contributed by atoms with Gasteiger partial charge in [0.25, 0.3) is 0 Å². The number of hydrogen-bond donors (Lipinski definition) is 0. The SMILES string of the molecule is CCCN(C)C(=O)C[C@@H]1Sc2ncccc2N(CC(C)C)C1=O. The fourth-order valence-electron chi connectivity index (χ4n) is 2.61. The molecule has 0 saturated carbocycles. The van der Waals surface area contributed by atoms with Crippen molar-refractivity contribution in [3.8, 4) is 0 Å². The predicted octanol–water partition coefficient (Wildman–Crippen LogP) is 2.80. The van der Waals surface area contributed by atoms with Crippen LogP contribution in [-0.4, -0.2) is 47.1 Å². The highest BCUT2D eigenvalue weighted by Gasteiger charge is 2.36. The van der Waals surface area contributed by atoms with Gasteiger partial charge in [0, 0.05) is 32.8 Å². The van der Waals surface area contributed by atoms with Gasteiger partial charge in [-0.1, -0.05) is 32.5 Å². The van der Waals surface area contributed by atoms with Gasteiger partial charge in [-0.3, -0.25) is 9.59 Å². The Balaban J connectivity index is 2.20. The zero-order valence-corrected chi connectivity index (χ0v) is 15.1. The lowest BCUT2D eigenvalue weighted by atomic mass is 10.1. The fraction of sp³-hybridized carbons (Fsp3) is 0.588. The van der Waals surface area contributed by atoms with Gasteiger partial charge in [0.2, 0.25) is 11.8 Å². The molecule has 126 valence electrons. The number of pyridine rings is 1. The number of aromatic nitrogens is 1. The molecule has 0 aliphatic carbocycles. The first-order valence-electron chi connectivity index (χ1n) is 8.11. The Morgan fingerprint density at radius 1 is 1.48 bits per heavy atom. The van der Waals surface area contributed by atoms with E-state index in [2.05, 4.69) is 18.8 Å². The molecule has 0 spiro atoms. The number of amides is 2. The third-order valence-electron chi connectivity index (χ3n) is 3.73. The molecule has 6 heteroatoms. The summed E-state index contributed by atoms with van der Waals surface area (Å²) in [5.74, 6) is 0.387. The Bertz CT molecular complexity index is 577. The first-order chi connectivity index (χ1) is 10.9. The fourth-order valence-corrected chi connectivity index (χ4v) is 3.76. The van der Waals surface area contributed by atoms with Crippen LogP contribution in [0.25, 0.3) is 0 Å². The molecule has 0 bridgehead atoms. The number of carbonyl (C=O) groups is 2. The summed E-state index contributed by atoms with van der Waals surface area (Å²) in [7, 11) is 1.79. The van der Waals surface area contributed by atoms with Crippen LogP contribution in [0.4, 0.5) is 5.69 Å². The molecule has 2 rings (SSSR count). The lowest BCUT2D eigenvalue weighted by Gasteiger charge is -2.34. The molecule has 5 nitrogen and oxygen atoms in total. The zero-order valence-electron chi connectivity index (χ0n) is 14.3. The van der Waals surface area contributed by atoms with Crippen molar-refractivity contribution < 1.29 is 9.59 Å². The van der Waals surface area contributed by atoms with Crippen LogP contribution in [0, 0.1) is 5.92 Å². The molecule has 1 aromatic heterocycles. The van der Waals surface area contributed by atoms with E-state index in [9.17, 15) is 9.59 Å². The van der Waals surface area contributed by atoms with Crippen LogP contribution < -0.4 is 4.90 Å². The van der Waals surface area contributed by atoms with E-state index in [1.807, 2.05) is 19.1 Å². The summed E-state index contributed by atoms with van der Waals surface area (Å²) in [6, 6.07) is 3.78. The third kappa shape index (κ3) is 4.25. The summed E-state index contributed by atoms with van der Waals surface area (Å²) >= 11 is 1.41. The van der Waals surface area contributed by atoms with E-state index in [0.29, 0.717) is 12.5 Å². The maximum Gasteiger partial charge on any atom is 0.241 e. The quantitative estimate of drug-likeness (QED) is 0.802. The second-order valence-electron chi connectivity index (χ2n) is 6.30. The highest BCUT2D eigenvalue weighted by Crippen LogP contribution is 2.39. The monoisotopic (exact) mass is 335 g/mol. The van der Waals surface area contributed by atoms with E-state index in [-0.39, 0.29) is 23.5 Å². The molecule has 1 aliphatic rings. The second-order valence-corrected chi connectivity index (χ2v) is 7.49. The molecule has 1 atom stereocenters. The molecule has 1 aromatic rings. The van der Waals surface area contributed by atoms with E-state index in [1.165, 1.54) is 11.8 Å². The van der Waals surface area contributed by atoms with E-state index in [4.69, 9.17) is 0 Å². The van der Waals surface area contributed by atoms with Crippen molar-refractivity contribution in [1.29, 1.82) is 0 Å². The minimum atomic E-state index is -0.386. The molecule has 0 saturated heterocycles. The van der Waals surface area contributed by atoms with Crippen LogP contribution >= 0.6 is 11.8 Å². The van der Waals surface area contributed by atoms with E-state index in [0.717, 1.165) is 23.7 Å². The van der Waals surface area contributed by atoms with Gasteiger partial charge in [0.15, 0.2) is 0 Å². The molecule has 0 N–H and O–H groups in total. The number of thioether (sulfide) groups is 1. The molecule has 0 fully saturated rings. The summed E-state index contributed by atoms with van der Waals surface area (Å²) in [5, 5.41) is 0.451. The van der Waals surface area contributed by atoms with Gasteiger partial charge < -0.3 is 9.80 Å². The molecular weight excluding hydrogens is 310 g/mol. The van der Waals surface area contributed by atoms with Gasteiger partial charge in [0.1, 0.15) is 5.03 Å². The predicted molar refractivity (Wildman–Crippen MR) is 93.6 cm³/mol. The standard InChI is InChI=1S/C17H25N3O2S/c1-5-9-19(4)15(21)10-14-17(22)20(11-12(2)3)13-7-6-8-18-16(13)23-14/h6-8,12,14H,5,9-11H2,1-4H3/t14-/m0/s1. The van der Waals surface area contributed by atoms with Gasteiger partial charge in [-0.05, 0) is 24.5 Å². The van der Waals surface area contributed by atoms with Crippen LogP contribution in [0.15, 0.2) is 23.4 Å². The highest BCUT2D eigenvalue weighted by atomic mass is 32.2. The molecule has 0 aromatic carbocycles. The molecule has 0 radical (unpaired) electrons. The Morgan fingerprint density at radius 2 is 2.22 bits per heavy atom. The smallest absolute Gasteiger partial charge is 0.241 e.